The first-order valence-electron chi connectivity index (χ1n) is 7.52. The van der Waals surface area contributed by atoms with Gasteiger partial charge in [-0.3, -0.25) is 0 Å². The molecule has 0 bridgehead atoms. The van der Waals surface area contributed by atoms with Gasteiger partial charge in [-0.1, -0.05) is 31.0 Å². The Balaban J connectivity index is 1.82. The number of hydrogen-bond acceptors (Lipinski definition) is 3. The van der Waals surface area contributed by atoms with Crippen LogP contribution in [0.1, 0.15) is 38.2 Å². The van der Waals surface area contributed by atoms with E-state index in [9.17, 15) is 5.11 Å². The maximum absolute atomic E-state index is 10.7. The molecule has 0 aliphatic heterocycles. The fourth-order valence-corrected chi connectivity index (χ4v) is 4.40. The minimum Gasteiger partial charge on any atom is -0.390 e. The van der Waals surface area contributed by atoms with E-state index in [4.69, 9.17) is 4.74 Å². The van der Waals surface area contributed by atoms with Crippen molar-refractivity contribution in [1.82, 2.24) is 0 Å². The van der Waals surface area contributed by atoms with Crippen LogP contribution in [0.25, 0.3) is 10.1 Å². The molecule has 1 fully saturated rings. The second-order valence-electron chi connectivity index (χ2n) is 5.68. The number of hydrogen-bond donors (Lipinski definition) is 1. The molecule has 2 aromatic rings. The lowest BCUT2D eigenvalue weighted by molar-refractivity contribution is -0.115. The molecule has 1 aromatic heterocycles. The molecular formula is C17H22O2S. The number of fused-ring (bicyclic) bond motifs is 1. The predicted molar refractivity (Wildman–Crippen MR) is 84.4 cm³/mol. The largest absolute Gasteiger partial charge is 0.390 e. The van der Waals surface area contributed by atoms with Gasteiger partial charge in [0.2, 0.25) is 0 Å². The average molecular weight is 290 g/mol. The highest BCUT2D eigenvalue weighted by Crippen LogP contribution is 2.38. The zero-order valence-electron chi connectivity index (χ0n) is 12.0. The lowest BCUT2D eigenvalue weighted by Gasteiger charge is -2.34. The van der Waals surface area contributed by atoms with E-state index in [1.807, 2.05) is 6.92 Å². The maximum Gasteiger partial charge on any atom is 0.0943 e. The standard InChI is InChI=1S/C17H22O2S/c1-2-19-17(9-5-6-10-17)16(18)11-13-12-20-15-8-4-3-7-14(13)15/h3-4,7-8,12,16,18H,2,5-6,9-11H2,1H3. The molecule has 0 radical (unpaired) electrons. The SMILES string of the molecule is CCOC1(C(O)Cc2csc3ccccc23)CCCC1. The number of aliphatic hydroxyl groups excluding tert-OH is 1. The van der Waals surface area contributed by atoms with Crippen LogP contribution < -0.4 is 0 Å². The van der Waals surface area contributed by atoms with Gasteiger partial charge in [-0.25, -0.2) is 0 Å². The third kappa shape index (κ3) is 2.50. The van der Waals surface area contributed by atoms with Crippen LogP contribution >= 0.6 is 11.3 Å². The van der Waals surface area contributed by atoms with Crippen molar-refractivity contribution in [3.63, 3.8) is 0 Å². The van der Waals surface area contributed by atoms with Gasteiger partial charge in [0.15, 0.2) is 0 Å². The molecule has 3 heteroatoms. The Hall–Kier alpha value is -0.900. The van der Waals surface area contributed by atoms with Crippen molar-refractivity contribution in [2.75, 3.05) is 6.61 Å². The Morgan fingerprint density at radius 3 is 2.80 bits per heavy atom. The molecule has 0 spiro atoms. The Kier molecular flexibility index (Phi) is 4.11. The monoisotopic (exact) mass is 290 g/mol. The molecule has 1 aliphatic carbocycles. The molecule has 0 amide bonds. The highest BCUT2D eigenvalue weighted by Gasteiger charge is 2.41. The summed E-state index contributed by atoms with van der Waals surface area (Å²) in [5.74, 6) is 0. The third-order valence-electron chi connectivity index (χ3n) is 4.46. The summed E-state index contributed by atoms with van der Waals surface area (Å²) < 4.78 is 7.26. The van der Waals surface area contributed by atoms with Crippen molar-refractivity contribution in [2.45, 2.75) is 50.7 Å². The summed E-state index contributed by atoms with van der Waals surface area (Å²) in [7, 11) is 0. The van der Waals surface area contributed by atoms with Crippen LogP contribution in [0, 0.1) is 0 Å². The quantitative estimate of drug-likeness (QED) is 0.896. The minimum absolute atomic E-state index is 0.308. The Labute approximate surface area is 124 Å². The van der Waals surface area contributed by atoms with Crippen LogP contribution in [0.15, 0.2) is 29.6 Å². The Morgan fingerprint density at radius 2 is 2.05 bits per heavy atom. The number of rotatable bonds is 5. The highest BCUT2D eigenvalue weighted by molar-refractivity contribution is 7.17. The Morgan fingerprint density at radius 1 is 1.30 bits per heavy atom. The Bertz CT molecular complexity index is 569. The van der Waals surface area contributed by atoms with Crippen LogP contribution in [-0.2, 0) is 11.2 Å². The average Bonchev–Trinajstić information content (AvgIpc) is 3.08. The smallest absolute Gasteiger partial charge is 0.0943 e. The summed E-state index contributed by atoms with van der Waals surface area (Å²) in [5.41, 5.74) is 0.946. The molecule has 1 aromatic carbocycles. The van der Waals surface area contributed by atoms with Crippen molar-refractivity contribution in [3.8, 4) is 0 Å². The van der Waals surface area contributed by atoms with E-state index in [2.05, 4.69) is 29.6 Å². The summed E-state index contributed by atoms with van der Waals surface area (Å²) in [6.45, 7) is 2.70. The van der Waals surface area contributed by atoms with Crippen LogP contribution in [0.2, 0.25) is 0 Å². The number of thiophene rings is 1. The van der Waals surface area contributed by atoms with Gasteiger partial charge in [0.05, 0.1) is 11.7 Å². The second-order valence-corrected chi connectivity index (χ2v) is 6.59. The van der Waals surface area contributed by atoms with Gasteiger partial charge in [-0.05, 0) is 42.2 Å². The third-order valence-corrected chi connectivity index (χ3v) is 5.48. The van der Waals surface area contributed by atoms with Gasteiger partial charge in [0, 0.05) is 17.7 Å². The molecule has 2 nitrogen and oxygen atoms in total. The van der Waals surface area contributed by atoms with Crippen molar-refractivity contribution in [3.05, 3.63) is 35.2 Å². The topological polar surface area (TPSA) is 29.5 Å². The first-order valence-corrected chi connectivity index (χ1v) is 8.40. The van der Waals surface area contributed by atoms with E-state index in [-0.39, 0.29) is 5.60 Å². The van der Waals surface area contributed by atoms with Gasteiger partial charge in [0.1, 0.15) is 0 Å². The normalized spacial score (nSPS) is 19.5. The second kappa shape index (κ2) is 5.84. The molecule has 1 N–H and O–H groups in total. The van der Waals surface area contributed by atoms with Gasteiger partial charge in [-0.15, -0.1) is 11.3 Å². The summed E-state index contributed by atoms with van der Waals surface area (Å²) in [5, 5.41) is 14.2. The maximum atomic E-state index is 10.7. The lowest BCUT2D eigenvalue weighted by atomic mass is 9.89. The molecular weight excluding hydrogens is 268 g/mol. The van der Waals surface area contributed by atoms with Crippen molar-refractivity contribution < 1.29 is 9.84 Å². The molecule has 1 aliphatic rings. The fraction of sp³-hybridized carbons (Fsp3) is 0.529. The number of aliphatic hydroxyl groups is 1. The van der Waals surface area contributed by atoms with Crippen molar-refractivity contribution in [1.29, 1.82) is 0 Å². The van der Waals surface area contributed by atoms with Crippen LogP contribution in [0.5, 0.6) is 0 Å². The summed E-state index contributed by atoms with van der Waals surface area (Å²) in [6, 6.07) is 8.43. The van der Waals surface area contributed by atoms with Crippen LogP contribution in [0.4, 0.5) is 0 Å². The molecule has 3 rings (SSSR count). The zero-order valence-corrected chi connectivity index (χ0v) is 12.8. The van der Waals surface area contributed by atoms with Gasteiger partial charge in [0.25, 0.3) is 0 Å². The van der Waals surface area contributed by atoms with Gasteiger partial charge in [-0.2, -0.15) is 0 Å². The van der Waals surface area contributed by atoms with Crippen LogP contribution in [0.3, 0.4) is 0 Å². The zero-order chi connectivity index (χ0) is 14.0. The van der Waals surface area contributed by atoms with Crippen molar-refractivity contribution >= 4 is 21.4 Å². The van der Waals surface area contributed by atoms with Gasteiger partial charge >= 0.3 is 0 Å². The first kappa shape index (κ1) is 14.1. The number of ether oxygens (including phenoxy) is 1. The van der Waals surface area contributed by atoms with E-state index < -0.39 is 6.10 Å². The van der Waals surface area contributed by atoms with Gasteiger partial charge < -0.3 is 9.84 Å². The number of benzene rings is 1. The molecule has 1 heterocycles. The first-order chi connectivity index (χ1) is 9.75. The fourth-order valence-electron chi connectivity index (χ4n) is 3.42. The molecule has 1 saturated carbocycles. The van der Waals surface area contributed by atoms with E-state index in [0.717, 1.165) is 12.8 Å². The van der Waals surface area contributed by atoms with Crippen molar-refractivity contribution in [2.24, 2.45) is 0 Å². The van der Waals surface area contributed by atoms with E-state index in [0.29, 0.717) is 13.0 Å². The summed E-state index contributed by atoms with van der Waals surface area (Å²) >= 11 is 1.76. The van der Waals surface area contributed by atoms with E-state index in [1.165, 1.54) is 28.5 Å². The predicted octanol–water partition coefficient (Wildman–Crippen LogP) is 4.15. The molecule has 0 saturated heterocycles. The summed E-state index contributed by atoms with van der Waals surface area (Å²) in [4.78, 5) is 0. The van der Waals surface area contributed by atoms with E-state index >= 15 is 0 Å². The molecule has 108 valence electrons. The molecule has 1 atom stereocenters. The molecule has 20 heavy (non-hydrogen) atoms. The lowest BCUT2D eigenvalue weighted by Crippen LogP contribution is -2.43. The molecule has 1 unspecified atom stereocenters. The van der Waals surface area contributed by atoms with Crippen LogP contribution in [-0.4, -0.2) is 23.4 Å². The highest BCUT2D eigenvalue weighted by atomic mass is 32.1. The summed E-state index contributed by atoms with van der Waals surface area (Å²) in [6.07, 6.45) is 4.61. The van der Waals surface area contributed by atoms with E-state index in [1.54, 1.807) is 11.3 Å². The minimum atomic E-state index is -0.400.